The summed E-state index contributed by atoms with van der Waals surface area (Å²) in [6.45, 7) is 6.17. The molecule has 2 heterocycles. The number of likely N-dealkylation sites (tertiary alicyclic amines) is 1. The standard InChI is InChI=1S/C13H24N4/c1-2-8-17-13(6-7-15-17)11-16-9-4-3-5-12(16)10-14/h6-7,12H,2-5,8-11,14H2,1H3. The van der Waals surface area contributed by atoms with E-state index in [1.165, 1.54) is 31.5 Å². The van der Waals surface area contributed by atoms with E-state index in [1.807, 2.05) is 6.20 Å². The molecule has 0 radical (unpaired) electrons. The first kappa shape index (κ1) is 12.6. The topological polar surface area (TPSA) is 47.1 Å². The molecule has 1 saturated heterocycles. The summed E-state index contributed by atoms with van der Waals surface area (Å²) in [5.74, 6) is 0. The van der Waals surface area contributed by atoms with Crippen LogP contribution < -0.4 is 5.73 Å². The molecule has 2 rings (SSSR count). The average Bonchev–Trinajstić information content (AvgIpc) is 2.78. The minimum Gasteiger partial charge on any atom is -0.329 e. The van der Waals surface area contributed by atoms with E-state index in [0.717, 1.165) is 26.1 Å². The zero-order valence-corrected chi connectivity index (χ0v) is 10.8. The number of rotatable bonds is 5. The van der Waals surface area contributed by atoms with Gasteiger partial charge in [-0.25, -0.2) is 0 Å². The molecule has 0 saturated carbocycles. The summed E-state index contributed by atoms with van der Waals surface area (Å²) >= 11 is 0. The third-order valence-corrected chi connectivity index (χ3v) is 3.63. The fourth-order valence-corrected chi connectivity index (χ4v) is 2.65. The lowest BCUT2D eigenvalue weighted by Crippen LogP contribution is -2.43. The van der Waals surface area contributed by atoms with Gasteiger partial charge in [-0.15, -0.1) is 0 Å². The Morgan fingerprint density at radius 2 is 2.35 bits per heavy atom. The molecule has 1 aromatic heterocycles. The lowest BCUT2D eigenvalue weighted by Gasteiger charge is -2.34. The number of aromatic nitrogens is 2. The molecule has 0 spiro atoms. The van der Waals surface area contributed by atoms with Crippen molar-refractivity contribution in [2.45, 2.75) is 51.7 Å². The second-order valence-electron chi connectivity index (χ2n) is 4.90. The lowest BCUT2D eigenvalue weighted by molar-refractivity contribution is 0.141. The van der Waals surface area contributed by atoms with Crippen molar-refractivity contribution in [3.63, 3.8) is 0 Å². The number of hydrogen-bond donors (Lipinski definition) is 1. The van der Waals surface area contributed by atoms with Gasteiger partial charge < -0.3 is 5.73 Å². The van der Waals surface area contributed by atoms with Gasteiger partial charge in [0.2, 0.25) is 0 Å². The monoisotopic (exact) mass is 236 g/mol. The van der Waals surface area contributed by atoms with Gasteiger partial charge in [0, 0.05) is 31.9 Å². The first-order chi connectivity index (χ1) is 8.35. The highest BCUT2D eigenvalue weighted by Gasteiger charge is 2.21. The Labute approximate surface area is 104 Å². The van der Waals surface area contributed by atoms with Crippen LogP contribution in [-0.2, 0) is 13.1 Å². The molecule has 0 bridgehead atoms. The van der Waals surface area contributed by atoms with Crippen molar-refractivity contribution < 1.29 is 0 Å². The second-order valence-corrected chi connectivity index (χ2v) is 4.90. The zero-order chi connectivity index (χ0) is 12.1. The molecule has 0 aromatic carbocycles. The molecular formula is C13H24N4. The minimum absolute atomic E-state index is 0.564. The first-order valence-corrected chi connectivity index (χ1v) is 6.80. The van der Waals surface area contributed by atoms with Crippen molar-refractivity contribution in [3.05, 3.63) is 18.0 Å². The summed E-state index contributed by atoms with van der Waals surface area (Å²) < 4.78 is 2.13. The Morgan fingerprint density at radius 3 is 3.12 bits per heavy atom. The molecule has 1 aromatic rings. The fraction of sp³-hybridized carbons (Fsp3) is 0.769. The third-order valence-electron chi connectivity index (χ3n) is 3.63. The summed E-state index contributed by atoms with van der Waals surface area (Å²) in [5, 5.41) is 4.38. The van der Waals surface area contributed by atoms with Crippen LogP contribution in [0.15, 0.2) is 12.3 Å². The van der Waals surface area contributed by atoms with E-state index in [4.69, 9.17) is 5.73 Å². The average molecular weight is 236 g/mol. The van der Waals surface area contributed by atoms with Crippen molar-refractivity contribution >= 4 is 0 Å². The molecular weight excluding hydrogens is 212 g/mol. The maximum Gasteiger partial charge on any atom is 0.0524 e. The molecule has 17 heavy (non-hydrogen) atoms. The van der Waals surface area contributed by atoms with Crippen molar-refractivity contribution in [1.29, 1.82) is 0 Å². The van der Waals surface area contributed by atoms with Crippen LogP contribution in [0, 0.1) is 0 Å². The van der Waals surface area contributed by atoms with Crippen molar-refractivity contribution in [1.82, 2.24) is 14.7 Å². The van der Waals surface area contributed by atoms with E-state index in [1.54, 1.807) is 0 Å². The quantitative estimate of drug-likeness (QED) is 0.845. The molecule has 4 heteroatoms. The molecule has 1 aliphatic rings. The van der Waals surface area contributed by atoms with Crippen molar-refractivity contribution in [2.24, 2.45) is 5.73 Å². The van der Waals surface area contributed by atoms with E-state index < -0.39 is 0 Å². The van der Waals surface area contributed by atoms with Gasteiger partial charge in [0.05, 0.1) is 5.69 Å². The summed E-state index contributed by atoms with van der Waals surface area (Å²) in [6, 6.07) is 2.70. The number of nitrogens with zero attached hydrogens (tertiary/aromatic N) is 3. The van der Waals surface area contributed by atoms with Crippen LogP contribution in [0.2, 0.25) is 0 Å². The molecule has 0 amide bonds. The van der Waals surface area contributed by atoms with Gasteiger partial charge >= 0.3 is 0 Å². The van der Waals surface area contributed by atoms with E-state index in [-0.39, 0.29) is 0 Å². The summed E-state index contributed by atoms with van der Waals surface area (Å²) in [5.41, 5.74) is 7.18. The fourth-order valence-electron chi connectivity index (χ4n) is 2.65. The first-order valence-electron chi connectivity index (χ1n) is 6.80. The molecule has 2 N–H and O–H groups in total. The molecule has 1 atom stereocenters. The van der Waals surface area contributed by atoms with Gasteiger partial charge in [0.15, 0.2) is 0 Å². The van der Waals surface area contributed by atoms with Crippen LogP contribution in [0.1, 0.15) is 38.3 Å². The van der Waals surface area contributed by atoms with Crippen LogP contribution in [0.3, 0.4) is 0 Å². The van der Waals surface area contributed by atoms with E-state index >= 15 is 0 Å². The maximum atomic E-state index is 5.86. The SMILES string of the molecule is CCCn1nccc1CN1CCCCC1CN. The predicted molar refractivity (Wildman–Crippen MR) is 69.6 cm³/mol. The number of piperidine rings is 1. The summed E-state index contributed by atoms with van der Waals surface area (Å²) in [6.07, 6.45) is 6.92. The third kappa shape index (κ3) is 3.07. The maximum absolute atomic E-state index is 5.86. The Kier molecular flexibility index (Phi) is 4.57. The van der Waals surface area contributed by atoms with Crippen LogP contribution in [0.4, 0.5) is 0 Å². The van der Waals surface area contributed by atoms with Crippen molar-refractivity contribution in [2.75, 3.05) is 13.1 Å². The van der Waals surface area contributed by atoms with Gasteiger partial charge in [-0.2, -0.15) is 5.10 Å². The van der Waals surface area contributed by atoms with Crippen LogP contribution in [0.25, 0.3) is 0 Å². The number of aryl methyl sites for hydroxylation is 1. The summed E-state index contributed by atoms with van der Waals surface area (Å²) in [4.78, 5) is 2.52. The number of hydrogen-bond acceptors (Lipinski definition) is 3. The highest BCUT2D eigenvalue weighted by Crippen LogP contribution is 2.18. The van der Waals surface area contributed by atoms with Gasteiger partial charge in [-0.05, 0) is 31.9 Å². The predicted octanol–water partition coefficient (Wildman–Crippen LogP) is 1.61. The Morgan fingerprint density at radius 1 is 1.47 bits per heavy atom. The van der Waals surface area contributed by atoms with E-state index in [2.05, 4.69) is 27.7 Å². The molecule has 96 valence electrons. The Balaban J connectivity index is 2.00. The van der Waals surface area contributed by atoms with Crippen LogP contribution in [-0.4, -0.2) is 33.8 Å². The van der Waals surface area contributed by atoms with Crippen LogP contribution in [0.5, 0.6) is 0 Å². The number of nitrogens with two attached hydrogens (primary N) is 1. The lowest BCUT2D eigenvalue weighted by atomic mass is 10.0. The minimum atomic E-state index is 0.564. The Hall–Kier alpha value is -0.870. The molecule has 1 aliphatic heterocycles. The van der Waals surface area contributed by atoms with E-state index in [0.29, 0.717) is 6.04 Å². The van der Waals surface area contributed by atoms with Gasteiger partial charge in [0.25, 0.3) is 0 Å². The van der Waals surface area contributed by atoms with Gasteiger partial charge in [-0.3, -0.25) is 9.58 Å². The highest BCUT2D eigenvalue weighted by atomic mass is 15.3. The van der Waals surface area contributed by atoms with E-state index in [9.17, 15) is 0 Å². The molecule has 1 fully saturated rings. The molecule has 0 aliphatic carbocycles. The highest BCUT2D eigenvalue weighted by molar-refractivity contribution is 5.01. The van der Waals surface area contributed by atoms with Gasteiger partial charge in [-0.1, -0.05) is 13.3 Å². The smallest absolute Gasteiger partial charge is 0.0524 e. The molecule has 1 unspecified atom stereocenters. The zero-order valence-electron chi connectivity index (χ0n) is 10.8. The summed E-state index contributed by atoms with van der Waals surface area (Å²) in [7, 11) is 0. The van der Waals surface area contributed by atoms with Gasteiger partial charge in [0.1, 0.15) is 0 Å². The van der Waals surface area contributed by atoms with Crippen LogP contribution >= 0.6 is 0 Å². The second kappa shape index (κ2) is 6.17. The van der Waals surface area contributed by atoms with Crippen molar-refractivity contribution in [3.8, 4) is 0 Å². The Bertz CT molecular complexity index is 334. The molecule has 4 nitrogen and oxygen atoms in total. The normalized spacial score (nSPS) is 21.9. The largest absolute Gasteiger partial charge is 0.329 e.